The Bertz CT molecular complexity index is 684. The van der Waals surface area contributed by atoms with E-state index in [1.54, 1.807) is 28.3 Å². The van der Waals surface area contributed by atoms with Gasteiger partial charge in [-0.15, -0.1) is 11.3 Å². The Balaban J connectivity index is 1.48. The van der Waals surface area contributed by atoms with E-state index in [4.69, 9.17) is 0 Å². The van der Waals surface area contributed by atoms with Crippen LogP contribution in [0.15, 0.2) is 12.3 Å². The van der Waals surface area contributed by atoms with Crippen molar-refractivity contribution in [2.45, 2.75) is 39.3 Å². The highest BCUT2D eigenvalue weighted by Crippen LogP contribution is 2.21. The molecule has 124 valence electrons. The molecule has 1 saturated heterocycles. The summed E-state index contributed by atoms with van der Waals surface area (Å²) in [5.41, 5.74) is 1.64. The molecule has 2 aromatic rings. The summed E-state index contributed by atoms with van der Waals surface area (Å²) in [4.78, 5) is 20.4. The number of likely N-dealkylation sites (tertiary alicyclic amines) is 1. The van der Waals surface area contributed by atoms with E-state index in [1.807, 2.05) is 7.05 Å². The fraction of sp³-hybridized carbons (Fsp3) is 0.562. The standard InChI is InChI=1S/C16H23N5OS/c1-11-15(23-12(2)17-11)10-21-8-4-13(5-9-21)18-16(22)14-6-7-20(3)19-14/h6-7,13H,4-5,8-10H2,1-3H3,(H,18,22). The third-order valence-electron chi connectivity index (χ3n) is 4.24. The van der Waals surface area contributed by atoms with Crippen molar-refractivity contribution in [3.8, 4) is 0 Å². The fourth-order valence-electron chi connectivity index (χ4n) is 2.95. The van der Waals surface area contributed by atoms with Crippen LogP contribution in [0.3, 0.4) is 0 Å². The van der Waals surface area contributed by atoms with Crippen molar-refractivity contribution in [1.29, 1.82) is 0 Å². The van der Waals surface area contributed by atoms with Gasteiger partial charge in [-0.05, 0) is 32.8 Å². The fourth-order valence-corrected chi connectivity index (χ4v) is 3.93. The Kier molecular flexibility index (Phi) is 4.77. The van der Waals surface area contributed by atoms with Gasteiger partial charge in [0.25, 0.3) is 5.91 Å². The maximum Gasteiger partial charge on any atom is 0.271 e. The van der Waals surface area contributed by atoms with E-state index >= 15 is 0 Å². The van der Waals surface area contributed by atoms with Crippen LogP contribution in [-0.2, 0) is 13.6 Å². The van der Waals surface area contributed by atoms with Crippen LogP contribution in [0, 0.1) is 13.8 Å². The minimum atomic E-state index is -0.0713. The molecule has 0 unspecified atom stereocenters. The SMILES string of the molecule is Cc1nc(C)c(CN2CCC(NC(=O)c3ccn(C)n3)CC2)s1. The number of rotatable bonds is 4. The molecule has 7 heteroatoms. The van der Waals surface area contributed by atoms with E-state index in [-0.39, 0.29) is 11.9 Å². The van der Waals surface area contributed by atoms with Crippen LogP contribution in [0.1, 0.15) is 38.9 Å². The molecule has 6 nitrogen and oxygen atoms in total. The normalized spacial score (nSPS) is 16.7. The Hall–Kier alpha value is -1.73. The first-order valence-electron chi connectivity index (χ1n) is 7.97. The maximum absolute atomic E-state index is 12.1. The third kappa shape index (κ3) is 3.97. The van der Waals surface area contributed by atoms with Crippen molar-refractivity contribution < 1.29 is 4.79 Å². The summed E-state index contributed by atoms with van der Waals surface area (Å²) in [6.45, 7) is 7.12. The van der Waals surface area contributed by atoms with Crippen molar-refractivity contribution >= 4 is 17.2 Å². The highest BCUT2D eigenvalue weighted by Gasteiger charge is 2.22. The van der Waals surface area contributed by atoms with Crippen molar-refractivity contribution in [3.05, 3.63) is 33.5 Å². The molecule has 1 N–H and O–H groups in total. The topological polar surface area (TPSA) is 63.1 Å². The van der Waals surface area contributed by atoms with Crippen LogP contribution in [0.4, 0.5) is 0 Å². The van der Waals surface area contributed by atoms with Gasteiger partial charge in [-0.3, -0.25) is 14.4 Å². The van der Waals surface area contributed by atoms with Gasteiger partial charge < -0.3 is 5.32 Å². The number of hydrogen-bond acceptors (Lipinski definition) is 5. The monoisotopic (exact) mass is 333 g/mol. The van der Waals surface area contributed by atoms with Gasteiger partial charge in [0.2, 0.25) is 0 Å². The summed E-state index contributed by atoms with van der Waals surface area (Å²) in [6, 6.07) is 1.99. The second-order valence-electron chi connectivity index (χ2n) is 6.14. The Morgan fingerprint density at radius 2 is 2.13 bits per heavy atom. The predicted molar refractivity (Wildman–Crippen MR) is 90.6 cm³/mol. The number of carbonyl (C=O) groups is 1. The lowest BCUT2D eigenvalue weighted by atomic mass is 10.0. The van der Waals surface area contributed by atoms with Gasteiger partial charge in [-0.2, -0.15) is 5.10 Å². The average molecular weight is 333 g/mol. The van der Waals surface area contributed by atoms with E-state index in [2.05, 4.69) is 34.1 Å². The Labute approximate surface area is 140 Å². The van der Waals surface area contributed by atoms with Gasteiger partial charge in [0.05, 0.1) is 10.7 Å². The van der Waals surface area contributed by atoms with Gasteiger partial charge in [0, 0.05) is 43.8 Å². The number of amides is 1. The van der Waals surface area contributed by atoms with E-state index in [1.165, 1.54) is 4.88 Å². The van der Waals surface area contributed by atoms with E-state index in [0.29, 0.717) is 5.69 Å². The molecule has 2 aromatic heterocycles. The largest absolute Gasteiger partial charge is 0.348 e. The molecule has 0 bridgehead atoms. The minimum Gasteiger partial charge on any atom is -0.348 e. The van der Waals surface area contributed by atoms with Gasteiger partial charge >= 0.3 is 0 Å². The summed E-state index contributed by atoms with van der Waals surface area (Å²) in [6.07, 6.45) is 3.75. The summed E-state index contributed by atoms with van der Waals surface area (Å²) in [5, 5.41) is 8.38. The lowest BCUT2D eigenvalue weighted by Gasteiger charge is -2.32. The molecule has 0 aromatic carbocycles. The predicted octanol–water partition coefficient (Wildman–Crippen LogP) is 1.89. The molecule has 0 spiro atoms. The number of hydrogen-bond donors (Lipinski definition) is 1. The first kappa shape index (κ1) is 16.1. The van der Waals surface area contributed by atoms with Crippen LogP contribution in [0.5, 0.6) is 0 Å². The molecule has 0 radical (unpaired) electrons. The van der Waals surface area contributed by atoms with Crippen LogP contribution < -0.4 is 5.32 Å². The zero-order chi connectivity index (χ0) is 16.4. The first-order valence-corrected chi connectivity index (χ1v) is 8.78. The summed E-state index contributed by atoms with van der Waals surface area (Å²) in [7, 11) is 1.82. The zero-order valence-corrected chi connectivity index (χ0v) is 14.7. The number of aromatic nitrogens is 3. The number of nitrogens with one attached hydrogen (secondary N) is 1. The van der Waals surface area contributed by atoms with E-state index in [0.717, 1.165) is 43.2 Å². The second kappa shape index (κ2) is 6.80. The molecule has 0 aliphatic carbocycles. The quantitative estimate of drug-likeness (QED) is 0.928. The Morgan fingerprint density at radius 1 is 1.39 bits per heavy atom. The van der Waals surface area contributed by atoms with Crippen LogP contribution in [0.2, 0.25) is 0 Å². The summed E-state index contributed by atoms with van der Waals surface area (Å²) < 4.78 is 1.65. The van der Waals surface area contributed by atoms with E-state index in [9.17, 15) is 4.79 Å². The smallest absolute Gasteiger partial charge is 0.271 e. The van der Waals surface area contributed by atoms with Crippen molar-refractivity contribution in [2.75, 3.05) is 13.1 Å². The molecule has 0 saturated carbocycles. The molecule has 3 heterocycles. The van der Waals surface area contributed by atoms with Gasteiger partial charge in [0.15, 0.2) is 0 Å². The molecule has 1 amide bonds. The van der Waals surface area contributed by atoms with E-state index < -0.39 is 0 Å². The number of thiazole rings is 1. The summed E-state index contributed by atoms with van der Waals surface area (Å²) in [5.74, 6) is -0.0713. The third-order valence-corrected chi connectivity index (χ3v) is 5.29. The highest BCUT2D eigenvalue weighted by molar-refractivity contribution is 7.11. The lowest BCUT2D eigenvalue weighted by molar-refractivity contribution is 0.0903. The lowest BCUT2D eigenvalue weighted by Crippen LogP contribution is -2.44. The van der Waals surface area contributed by atoms with Crippen molar-refractivity contribution in [3.63, 3.8) is 0 Å². The molecule has 3 rings (SSSR count). The van der Waals surface area contributed by atoms with Crippen LogP contribution in [0.25, 0.3) is 0 Å². The number of aryl methyl sites for hydroxylation is 3. The molecule has 1 fully saturated rings. The maximum atomic E-state index is 12.1. The number of carbonyl (C=O) groups excluding carboxylic acids is 1. The number of piperidine rings is 1. The molecular formula is C16H23N5OS. The summed E-state index contributed by atoms with van der Waals surface area (Å²) >= 11 is 1.79. The molecule has 1 aliphatic rings. The minimum absolute atomic E-state index is 0.0713. The van der Waals surface area contributed by atoms with Crippen molar-refractivity contribution in [2.24, 2.45) is 7.05 Å². The van der Waals surface area contributed by atoms with Crippen LogP contribution >= 0.6 is 11.3 Å². The number of nitrogens with zero attached hydrogens (tertiary/aromatic N) is 4. The van der Waals surface area contributed by atoms with Gasteiger partial charge in [0.1, 0.15) is 5.69 Å². The molecular weight excluding hydrogens is 310 g/mol. The van der Waals surface area contributed by atoms with Crippen LogP contribution in [-0.4, -0.2) is 44.7 Å². The molecule has 23 heavy (non-hydrogen) atoms. The average Bonchev–Trinajstić information content (AvgIpc) is 3.07. The second-order valence-corrected chi connectivity index (χ2v) is 7.43. The Morgan fingerprint density at radius 3 is 2.70 bits per heavy atom. The molecule has 1 aliphatic heterocycles. The van der Waals surface area contributed by atoms with Gasteiger partial charge in [-0.25, -0.2) is 4.98 Å². The van der Waals surface area contributed by atoms with Gasteiger partial charge in [-0.1, -0.05) is 0 Å². The molecule has 0 atom stereocenters. The highest BCUT2D eigenvalue weighted by atomic mass is 32.1. The zero-order valence-electron chi connectivity index (χ0n) is 13.9. The van der Waals surface area contributed by atoms with Crippen molar-refractivity contribution in [1.82, 2.24) is 25.0 Å². The first-order chi connectivity index (χ1) is 11.0.